The fourth-order valence-electron chi connectivity index (χ4n) is 5.31. The third-order valence-corrected chi connectivity index (χ3v) is 9.42. The lowest BCUT2D eigenvalue weighted by atomic mass is 9.80. The summed E-state index contributed by atoms with van der Waals surface area (Å²) in [5.74, 6) is -2.10. The fourth-order valence-corrected chi connectivity index (χ4v) is 7.33. The number of β-lactam (4-membered cyclic amide) rings is 1. The molecule has 0 spiro atoms. The van der Waals surface area contributed by atoms with Crippen molar-refractivity contribution < 1.29 is 28.7 Å². The molecule has 2 aromatic carbocycles. The van der Waals surface area contributed by atoms with Gasteiger partial charge in [-0.2, -0.15) is 5.26 Å². The maximum atomic E-state index is 14.5. The average molecular weight is 616 g/mol. The lowest BCUT2D eigenvalue weighted by molar-refractivity contribution is -0.176. The topological polar surface area (TPSA) is 126 Å². The number of hydrogen-bond acceptors (Lipinski definition) is 9. The third kappa shape index (κ3) is 6.21. The van der Waals surface area contributed by atoms with Crippen molar-refractivity contribution in [3.8, 4) is 6.07 Å². The number of benzene rings is 2. The predicted molar refractivity (Wildman–Crippen MR) is 161 cm³/mol. The first-order valence-corrected chi connectivity index (χ1v) is 15.5. The van der Waals surface area contributed by atoms with Crippen molar-refractivity contribution in [1.29, 1.82) is 5.26 Å². The summed E-state index contributed by atoms with van der Waals surface area (Å²) in [6.07, 6.45) is -0.840. The van der Waals surface area contributed by atoms with Crippen LogP contribution < -0.4 is 5.32 Å². The van der Waals surface area contributed by atoms with Crippen LogP contribution in [0.4, 0.5) is 0 Å². The van der Waals surface area contributed by atoms with Crippen molar-refractivity contribution in [2.45, 2.75) is 49.2 Å². The fraction of sp³-hybridized carbons (Fsp3) is 0.281. The number of rotatable bonds is 11. The van der Waals surface area contributed by atoms with Gasteiger partial charge in [0, 0.05) is 23.8 Å². The normalized spacial score (nSPS) is 20.7. The predicted octanol–water partition coefficient (Wildman–Crippen LogP) is 4.51. The Morgan fingerprint density at radius 1 is 1.05 bits per heavy atom. The second-order valence-electron chi connectivity index (χ2n) is 10.1. The molecule has 1 aromatic heterocycles. The van der Waals surface area contributed by atoms with Crippen molar-refractivity contribution in [2.24, 2.45) is 0 Å². The van der Waals surface area contributed by atoms with E-state index >= 15 is 0 Å². The van der Waals surface area contributed by atoms with Crippen LogP contribution in [0, 0.1) is 11.3 Å². The summed E-state index contributed by atoms with van der Waals surface area (Å²) in [4.78, 5) is 55.2. The minimum Gasteiger partial charge on any atom is -0.461 e. The van der Waals surface area contributed by atoms with Gasteiger partial charge in [0.05, 0.1) is 12.5 Å². The number of carbonyl (C=O) groups is 4. The van der Waals surface area contributed by atoms with Gasteiger partial charge in [0.15, 0.2) is 11.6 Å². The number of carbonyl (C=O) groups excluding carboxylic acids is 4. The molecule has 3 aromatic rings. The van der Waals surface area contributed by atoms with Crippen LogP contribution in [0.25, 0.3) is 0 Å². The van der Waals surface area contributed by atoms with Crippen LogP contribution in [-0.4, -0.2) is 52.2 Å². The zero-order valence-corrected chi connectivity index (χ0v) is 24.9. The van der Waals surface area contributed by atoms with Crippen molar-refractivity contribution >= 4 is 46.9 Å². The number of nitriles is 1. The van der Waals surface area contributed by atoms with Crippen LogP contribution in [-0.2, 0) is 35.1 Å². The average Bonchev–Trinajstić information content (AvgIpc) is 3.53. The Bertz CT molecular complexity index is 1520. The number of thioether (sulfide) groups is 1. The molecule has 2 amide bonds. The number of nitrogens with zero attached hydrogens (tertiary/aromatic N) is 2. The summed E-state index contributed by atoms with van der Waals surface area (Å²) < 4.78 is 11.6. The maximum Gasteiger partial charge on any atom is 0.337 e. The second-order valence-corrected chi connectivity index (χ2v) is 12.1. The van der Waals surface area contributed by atoms with Gasteiger partial charge in [0.1, 0.15) is 18.0 Å². The Balaban J connectivity index is 1.50. The molecule has 0 radical (unpaired) electrons. The van der Waals surface area contributed by atoms with E-state index in [9.17, 15) is 24.4 Å². The molecule has 43 heavy (non-hydrogen) atoms. The Morgan fingerprint density at radius 2 is 1.72 bits per heavy atom. The smallest absolute Gasteiger partial charge is 0.337 e. The molecule has 9 nitrogen and oxygen atoms in total. The molecule has 0 bridgehead atoms. The lowest BCUT2D eigenvalue weighted by Crippen LogP contribution is -2.78. The van der Waals surface area contributed by atoms with Gasteiger partial charge >= 0.3 is 11.9 Å². The highest BCUT2D eigenvalue weighted by Gasteiger charge is 2.64. The Hall–Kier alpha value is -4.40. The van der Waals surface area contributed by atoms with Crippen molar-refractivity contribution in [2.75, 3.05) is 6.61 Å². The molecule has 220 valence electrons. The standard InChI is InChI=1S/C32H29N3O6S2/c1-21(36)40-19-24-20-43-30-27(34-26(37)18-25-14-8-17-42-25)29(38)35(30)32(24,15-9-16-33)31(39)41-28(22-10-4-2-5-11-22)23-12-6-3-7-13-23/h2-8,10-14,17,20,27-28,30H,9,15,18-19H2,1H3,(H,34,37)/t27-,30-,32+/m1/s1. The van der Waals surface area contributed by atoms with Gasteiger partial charge in [-0.3, -0.25) is 14.4 Å². The second kappa shape index (κ2) is 13.3. The molecular formula is C32H29N3O6S2. The Labute approximate surface area is 257 Å². The van der Waals surface area contributed by atoms with E-state index in [1.807, 2.05) is 78.2 Å². The number of ether oxygens (including phenoxy) is 2. The van der Waals surface area contributed by atoms with Crippen LogP contribution in [0.5, 0.6) is 0 Å². The monoisotopic (exact) mass is 615 g/mol. The molecule has 2 aliphatic rings. The first kappa shape index (κ1) is 30.1. The van der Waals surface area contributed by atoms with Crippen molar-refractivity contribution in [3.05, 3.63) is 105 Å². The van der Waals surface area contributed by atoms with Crippen LogP contribution in [0.1, 0.15) is 41.9 Å². The van der Waals surface area contributed by atoms with E-state index in [0.29, 0.717) is 5.57 Å². The zero-order chi connectivity index (χ0) is 30.4. The van der Waals surface area contributed by atoms with Gasteiger partial charge < -0.3 is 19.7 Å². The van der Waals surface area contributed by atoms with Crippen LogP contribution in [0.3, 0.4) is 0 Å². The van der Waals surface area contributed by atoms with Gasteiger partial charge in [-0.1, -0.05) is 66.7 Å². The van der Waals surface area contributed by atoms with Crippen molar-refractivity contribution in [1.82, 2.24) is 10.2 Å². The van der Waals surface area contributed by atoms with E-state index in [-0.39, 0.29) is 31.8 Å². The summed E-state index contributed by atoms with van der Waals surface area (Å²) in [5, 5.41) is 15.3. The summed E-state index contributed by atoms with van der Waals surface area (Å²) in [5.41, 5.74) is 0.0483. The number of thiophene rings is 1. The number of nitrogens with one attached hydrogen (secondary N) is 1. The molecule has 1 fully saturated rings. The number of fused-ring (bicyclic) bond motifs is 1. The van der Waals surface area contributed by atoms with E-state index in [0.717, 1.165) is 16.0 Å². The van der Waals surface area contributed by atoms with E-state index in [4.69, 9.17) is 9.47 Å². The molecule has 3 atom stereocenters. The van der Waals surface area contributed by atoms with E-state index in [1.165, 1.54) is 34.9 Å². The number of hydrogen-bond donors (Lipinski definition) is 1. The van der Waals surface area contributed by atoms with Gasteiger partial charge in [0.25, 0.3) is 0 Å². The largest absolute Gasteiger partial charge is 0.461 e. The highest BCUT2D eigenvalue weighted by Crippen LogP contribution is 2.49. The van der Waals surface area contributed by atoms with Crippen LogP contribution in [0.15, 0.2) is 89.2 Å². The van der Waals surface area contributed by atoms with Gasteiger partial charge in [-0.15, -0.1) is 23.1 Å². The zero-order valence-electron chi connectivity index (χ0n) is 23.3. The van der Waals surface area contributed by atoms with Crippen LogP contribution >= 0.6 is 23.1 Å². The first-order chi connectivity index (χ1) is 20.8. The van der Waals surface area contributed by atoms with Crippen molar-refractivity contribution in [3.63, 3.8) is 0 Å². The quantitative estimate of drug-likeness (QED) is 0.247. The molecule has 1 N–H and O–H groups in total. The molecule has 11 heteroatoms. The Morgan fingerprint density at radius 3 is 2.30 bits per heavy atom. The van der Waals surface area contributed by atoms with E-state index < -0.39 is 40.9 Å². The minimum atomic E-state index is -1.73. The minimum absolute atomic E-state index is 0.0789. The van der Waals surface area contributed by atoms with Gasteiger partial charge in [-0.05, 0) is 34.4 Å². The molecule has 3 heterocycles. The molecule has 0 saturated carbocycles. The van der Waals surface area contributed by atoms with Gasteiger partial charge in [-0.25, -0.2) is 4.79 Å². The third-order valence-electron chi connectivity index (χ3n) is 7.36. The summed E-state index contributed by atoms with van der Waals surface area (Å²) in [7, 11) is 0. The molecule has 1 saturated heterocycles. The molecule has 2 aliphatic heterocycles. The number of amides is 2. The highest BCUT2D eigenvalue weighted by atomic mass is 32.2. The SMILES string of the molecule is CC(=O)OCC1=CS[C@@H]2[C@H](NC(=O)Cc3cccs3)C(=O)N2[C@]1(CCC#N)C(=O)OC(c1ccccc1)c1ccccc1. The first-order valence-electron chi connectivity index (χ1n) is 13.7. The lowest BCUT2D eigenvalue weighted by Gasteiger charge is -2.57. The summed E-state index contributed by atoms with van der Waals surface area (Å²) in [6, 6.07) is 23.3. The molecule has 5 rings (SSSR count). The summed E-state index contributed by atoms with van der Waals surface area (Å²) >= 11 is 2.69. The van der Waals surface area contributed by atoms with E-state index in [2.05, 4.69) is 11.4 Å². The Kier molecular flexibility index (Phi) is 9.28. The van der Waals surface area contributed by atoms with Gasteiger partial charge in [0.2, 0.25) is 11.8 Å². The highest BCUT2D eigenvalue weighted by molar-refractivity contribution is 8.03. The molecule has 0 aliphatic carbocycles. The number of esters is 2. The van der Waals surface area contributed by atoms with E-state index in [1.54, 1.807) is 5.41 Å². The summed E-state index contributed by atoms with van der Waals surface area (Å²) in [6.45, 7) is 0.986. The molecule has 0 unspecified atom stereocenters. The van der Waals surface area contributed by atoms with Crippen LogP contribution in [0.2, 0.25) is 0 Å². The molecular weight excluding hydrogens is 587 g/mol. The maximum absolute atomic E-state index is 14.5.